The number of anilines is 1. The molecular weight excluding hydrogens is 310 g/mol. The number of rotatable bonds is 2. The van der Waals surface area contributed by atoms with Crippen molar-refractivity contribution in [1.82, 2.24) is 9.88 Å². The molecule has 0 N–H and O–H groups in total. The van der Waals surface area contributed by atoms with Crippen molar-refractivity contribution >= 4 is 27.8 Å². The summed E-state index contributed by atoms with van der Waals surface area (Å²) in [6.07, 6.45) is 11.9. The number of hydrogen-bond donors (Lipinski definition) is 0. The Kier molecular flexibility index (Phi) is 3.27. The first-order valence-electron chi connectivity index (χ1n) is 9.25. The summed E-state index contributed by atoms with van der Waals surface area (Å²) in [4.78, 5) is 9.28. The van der Waals surface area contributed by atoms with E-state index in [0.717, 1.165) is 16.4 Å². The maximum Gasteiger partial charge on any atom is 0.227 e. The second-order valence-corrected chi connectivity index (χ2v) is 7.29. The van der Waals surface area contributed by atoms with E-state index in [9.17, 15) is 0 Å². The first-order chi connectivity index (χ1) is 12.2. The first kappa shape index (κ1) is 14.8. The van der Waals surface area contributed by atoms with Crippen molar-refractivity contribution in [3.05, 3.63) is 48.4 Å². The third-order valence-electron chi connectivity index (χ3n) is 5.83. The van der Waals surface area contributed by atoms with E-state index < -0.39 is 0 Å². The molecule has 25 heavy (non-hydrogen) atoms. The minimum absolute atomic E-state index is 0.313. The zero-order valence-electron chi connectivity index (χ0n) is 14.8. The SMILES string of the molecule is Cc1ccc2c(oc3ncccc32)c1N1C=CN(C2CCCC2)[C@@H]1C. The fourth-order valence-electron chi connectivity index (χ4n) is 4.51. The van der Waals surface area contributed by atoms with Crippen molar-refractivity contribution in [2.45, 2.75) is 51.7 Å². The highest BCUT2D eigenvalue weighted by Gasteiger charge is 2.32. The van der Waals surface area contributed by atoms with Crippen LogP contribution in [0.5, 0.6) is 0 Å². The molecule has 0 spiro atoms. The quantitative estimate of drug-likeness (QED) is 0.647. The van der Waals surface area contributed by atoms with Crippen LogP contribution in [0, 0.1) is 6.92 Å². The largest absolute Gasteiger partial charge is 0.435 e. The molecule has 128 valence electrons. The van der Waals surface area contributed by atoms with Crippen molar-refractivity contribution < 1.29 is 4.42 Å². The summed E-state index contributed by atoms with van der Waals surface area (Å²) in [6.45, 7) is 4.45. The molecule has 0 bridgehead atoms. The molecule has 0 unspecified atom stereocenters. The number of pyridine rings is 1. The molecule has 3 aromatic rings. The maximum absolute atomic E-state index is 6.18. The Hall–Kier alpha value is -2.49. The van der Waals surface area contributed by atoms with Crippen molar-refractivity contribution in [3.63, 3.8) is 0 Å². The van der Waals surface area contributed by atoms with Gasteiger partial charge in [-0.1, -0.05) is 25.0 Å². The van der Waals surface area contributed by atoms with Crippen molar-refractivity contribution in [1.29, 1.82) is 0 Å². The van der Waals surface area contributed by atoms with Crippen molar-refractivity contribution in [2.75, 3.05) is 4.90 Å². The highest BCUT2D eigenvalue weighted by atomic mass is 16.3. The molecule has 0 radical (unpaired) electrons. The lowest BCUT2D eigenvalue weighted by Crippen LogP contribution is -2.41. The highest BCUT2D eigenvalue weighted by molar-refractivity contribution is 6.08. The summed E-state index contributed by atoms with van der Waals surface area (Å²) >= 11 is 0. The monoisotopic (exact) mass is 333 g/mol. The molecule has 1 fully saturated rings. The van der Waals surface area contributed by atoms with Gasteiger partial charge in [0.25, 0.3) is 0 Å². The third-order valence-corrected chi connectivity index (χ3v) is 5.83. The predicted octanol–water partition coefficient (Wildman–Crippen LogP) is 5.17. The second-order valence-electron chi connectivity index (χ2n) is 7.29. The lowest BCUT2D eigenvalue weighted by atomic mass is 10.1. The van der Waals surface area contributed by atoms with Crippen LogP contribution in [-0.2, 0) is 0 Å². The Morgan fingerprint density at radius 1 is 1.08 bits per heavy atom. The van der Waals surface area contributed by atoms with Crippen LogP contribution in [0.1, 0.15) is 38.2 Å². The standard InChI is InChI=1S/C21H23N3O/c1-14-9-10-17-18-8-5-11-22-21(18)25-20(17)19(14)24-13-12-23(15(24)2)16-6-3-4-7-16/h5,8-13,15-16H,3-4,6-7H2,1-2H3/t15-/m0/s1. The molecule has 1 atom stereocenters. The molecule has 4 heteroatoms. The number of furan rings is 1. The molecule has 0 saturated heterocycles. The fourth-order valence-corrected chi connectivity index (χ4v) is 4.51. The summed E-state index contributed by atoms with van der Waals surface area (Å²) in [5.41, 5.74) is 4.06. The van der Waals surface area contributed by atoms with E-state index in [0.29, 0.717) is 17.9 Å². The van der Waals surface area contributed by atoms with Crippen LogP contribution in [0.4, 0.5) is 5.69 Å². The summed E-state index contributed by atoms with van der Waals surface area (Å²) in [5, 5.41) is 2.23. The Labute approximate surface area is 147 Å². The predicted molar refractivity (Wildman–Crippen MR) is 101 cm³/mol. The van der Waals surface area contributed by atoms with Gasteiger partial charge in [-0.05, 0) is 44.4 Å². The zero-order chi connectivity index (χ0) is 17.0. The van der Waals surface area contributed by atoms with E-state index in [4.69, 9.17) is 4.42 Å². The van der Waals surface area contributed by atoms with Gasteiger partial charge in [0.15, 0.2) is 5.58 Å². The Balaban J connectivity index is 1.63. The molecule has 3 heterocycles. The van der Waals surface area contributed by atoms with Gasteiger partial charge in [-0.3, -0.25) is 0 Å². The molecule has 1 aromatic carbocycles. The van der Waals surface area contributed by atoms with Gasteiger partial charge in [-0.15, -0.1) is 0 Å². The van der Waals surface area contributed by atoms with Gasteiger partial charge in [-0.25, -0.2) is 4.98 Å². The molecule has 2 aromatic heterocycles. The van der Waals surface area contributed by atoms with Crippen LogP contribution in [-0.4, -0.2) is 22.1 Å². The van der Waals surface area contributed by atoms with Gasteiger partial charge in [0.05, 0.1) is 5.69 Å². The van der Waals surface area contributed by atoms with Crippen LogP contribution < -0.4 is 4.90 Å². The summed E-state index contributed by atoms with van der Waals surface area (Å²) < 4.78 is 6.18. The molecule has 0 amide bonds. The number of aryl methyl sites for hydroxylation is 1. The second kappa shape index (κ2) is 5.51. The Morgan fingerprint density at radius 2 is 1.92 bits per heavy atom. The molecule has 2 aliphatic rings. The maximum atomic E-state index is 6.18. The smallest absolute Gasteiger partial charge is 0.227 e. The number of aromatic nitrogens is 1. The lowest BCUT2D eigenvalue weighted by molar-refractivity contribution is 0.237. The van der Waals surface area contributed by atoms with E-state index in [1.807, 2.05) is 6.07 Å². The average Bonchev–Trinajstić information content (AvgIpc) is 3.33. The number of hydrogen-bond acceptors (Lipinski definition) is 4. The number of fused-ring (bicyclic) bond motifs is 3. The van der Waals surface area contributed by atoms with Gasteiger partial charge in [0.2, 0.25) is 5.71 Å². The zero-order valence-corrected chi connectivity index (χ0v) is 14.8. The highest BCUT2D eigenvalue weighted by Crippen LogP contribution is 2.40. The molecule has 1 aliphatic heterocycles. The molecule has 1 saturated carbocycles. The summed E-state index contributed by atoms with van der Waals surface area (Å²) in [5.74, 6) is 0. The third kappa shape index (κ3) is 2.16. The molecule has 1 aliphatic carbocycles. The molecule has 5 rings (SSSR count). The van der Waals surface area contributed by atoms with E-state index in [1.165, 1.54) is 36.9 Å². The Bertz CT molecular complexity index is 968. The molecular formula is C21H23N3O. The van der Waals surface area contributed by atoms with E-state index in [1.54, 1.807) is 6.20 Å². The van der Waals surface area contributed by atoms with Crippen LogP contribution in [0.2, 0.25) is 0 Å². The van der Waals surface area contributed by atoms with E-state index in [2.05, 4.69) is 59.2 Å². The molecule has 4 nitrogen and oxygen atoms in total. The van der Waals surface area contributed by atoms with Gasteiger partial charge in [0.1, 0.15) is 6.17 Å². The van der Waals surface area contributed by atoms with Crippen LogP contribution in [0.3, 0.4) is 0 Å². The normalized spacial score (nSPS) is 21.3. The van der Waals surface area contributed by atoms with Crippen LogP contribution >= 0.6 is 0 Å². The lowest BCUT2D eigenvalue weighted by Gasteiger charge is -2.34. The summed E-state index contributed by atoms with van der Waals surface area (Å²) in [7, 11) is 0. The topological polar surface area (TPSA) is 32.5 Å². The van der Waals surface area contributed by atoms with E-state index >= 15 is 0 Å². The average molecular weight is 333 g/mol. The minimum Gasteiger partial charge on any atom is -0.435 e. The number of nitrogens with zero attached hydrogens (tertiary/aromatic N) is 3. The van der Waals surface area contributed by atoms with Gasteiger partial charge >= 0.3 is 0 Å². The minimum atomic E-state index is 0.313. The van der Waals surface area contributed by atoms with Crippen LogP contribution in [0.15, 0.2) is 47.3 Å². The van der Waals surface area contributed by atoms with Crippen LogP contribution in [0.25, 0.3) is 22.1 Å². The number of benzene rings is 1. The van der Waals surface area contributed by atoms with Gasteiger partial charge in [0, 0.05) is 35.4 Å². The summed E-state index contributed by atoms with van der Waals surface area (Å²) in [6, 6.07) is 9.07. The van der Waals surface area contributed by atoms with E-state index in [-0.39, 0.29) is 0 Å². The van der Waals surface area contributed by atoms with Gasteiger partial charge < -0.3 is 14.2 Å². The fraction of sp³-hybridized carbons (Fsp3) is 0.381. The van der Waals surface area contributed by atoms with Gasteiger partial charge in [-0.2, -0.15) is 0 Å². The van der Waals surface area contributed by atoms with Crippen molar-refractivity contribution in [3.8, 4) is 0 Å². The Morgan fingerprint density at radius 3 is 2.76 bits per heavy atom. The van der Waals surface area contributed by atoms with Crippen molar-refractivity contribution in [2.24, 2.45) is 0 Å². The first-order valence-corrected chi connectivity index (χ1v) is 9.25.